The summed E-state index contributed by atoms with van der Waals surface area (Å²) in [7, 11) is 0. The Bertz CT molecular complexity index is 1160. The van der Waals surface area contributed by atoms with Crippen molar-refractivity contribution in [1.82, 2.24) is 14.9 Å². The summed E-state index contributed by atoms with van der Waals surface area (Å²) in [6, 6.07) is 16.7. The molecule has 166 valence electrons. The Balaban J connectivity index is 1.34. The lowest BCUT2D eigenvalue weighted by Crippen LogP contribution is -2.49. The van der Waals surface area contributed by atoms with E-state index in [-0.39, 0.29) is 17.9 Å². The molecule has 0 unspecified atom stereocenters. The van der Waals surface area contributed by atoms with E-state index in [2.05, 4.69) is 14.9 Å². The summed E-state index contributed by atoms with van der Waals surface area (Å²) in [5, 5.41) is 1.86. The van der Waals surface area contributed by atoms with Crippen LogP contribution in [-0.4, -0.2) is 47.0 Å². The monoisotopic (exact) mass is 488 g/mol. The van der Waals surface area contributed by atoms with Crippen molar-refractivity contribution in [3.63, 3.8) is 0 Å². The molecule has 0 aliphatic carbocycles. The van der Waals surface area contributed by atoms with Crippen molar-refractivity contribution in [2.24, 2.45) is 0 Å². The molecule has 1 aliphatic heterocycles. The zero-order chi connectivity index (χ0) is 22.5. The quantitative estimate of drug-likeness (QED) is 0.414. The van der Waals surface area contributed by atoms with Crippen molar-refractivity contribution in [3.8, 4) is 0 Å². The third kappa shape index (κ3) is 6.06. The normalized spacial score (nSPS) is 13.9. The molecule has 1 N–H and O–H groups in total. The molecule has 0 saturated carbocycles. The van der Waals surface area contributed by atoms with Crippen LogP contribution in [0.3, 0.4) is 0 Å². The standard InChI is InChI=1S/C23H22Cl2N4O2S/c24-17-4-1-3-16(11-17)15-32-23-26-19(13-21(30)27-23)14-22(31)29-9-7-28(8-10-29)20-6-2-5-18(25)12-20/h1-6,11-13H,7-10,14-15H2,(H,26,27,30). The molecule has 0 bridgehead atoms. The second-order valence-corrected chi connectivity index (χ2v) is 9.32. The van der Waals surface area contributed by atoms with Gasteiger partial charge in [-0.2, -0.15) is 0 Å². The topological polar surface area (TPSA) is 69.3 Å². The van der Waals surface area contributed by atoms with Crippen LogP contribution >= 0.6 is 35.0 Å². The summed E-state index contributed by atoms with van der Waals surface area (Å²) in [6.07, 6.45) is 0.103. The van der Waals surface area contributed by atoms with Crippen LogP contribution in [0.5, 0.6) is 0 Å². The summed E-state index contributed by atoms with van der Waals surface area (Å²) in [5.41, 5.74) is 2.30. The Morgan fingerprint density at radius 1 is 1.00 bits per heavy atom. The molecule has 1 fully saturated rings. The highest BCUT2D eigenvalue weighted by molar-refractivity contribution is 7.98. The number of anilines is 1. The molecule has 32 heavy (non-hydrogen) atoms. The van der Waals surface area contributed by atoms with Gasteiger partial charge in [0.2, 0.25) is 5.91 Å². The van der Waals surface area contributed by atoms with Crippen molar-refractivity contribution in [1.29, 1.82) is 0 Å². The van der Waals surface area contributed by atoms with E-state index in [1.54, 1.807) is 0 Å². The number of carbonyl (C=O) groups is 1. The molecule has 2 aromatic carbocycles. The molecule has 0 atom stereocenters. The first-order chi connectivity index (χ1) is 15.5. The Morgan fingerprint density at radius 3 is 2.44 bits per heavy atom. The highest BCUT2D eigenvalue weighted by Crippen LogP contribution is 2.22. The molecule has 0 spiro atoms. The molecule has 0 radical (unpaired) electrons. The average molecular weight is 489 g/mol. The van der Waals surface area contributed by atoms with E-state index in [1.807, 2.05) is 53.4 Å². The second kappa shape index (κ2) is 10.4. The van der Waals surface area contributed by atoms with Gasteiger partial charge in [-0.05, 0) is 35.9 Å². The van der Waals surface area contributed by atoms with Crippen LogP contribution in [0.4, 0.5) is 5.69 Å². The van der Waals surface area contributed by atoms with Crippen LogP contribution in [0.25, 0.3) is 0 Å². The number of hydrogen-bond donors (Lipinski definition) is 1. The van der Waals surface area contributed by atoms with Crippen LogP contribution in [0.2, 0.25) is 10.0 Å². The van der Waals surface area contributed by atoms with Gasteiger partial charge in [0.25, 0.3) is 5.56 Å². The van der Waals surface area contributed by atoms with Crippen molar-refractivity contribution < 1.29 is 4.79 Å². The summed E-state index contributed by atoms with van der Waals surface area (Å²) < 4.78 is 0. The number of carbonyl (C=O) groups excluding carboxylic acids is 1. The summed E-state index contributed by atoms with van der Waals surface area (Å²) in [6.45, 7) is 2.70. The van der Waals surface area contributed by atoms with Gasteiger partial charge in [-0.25, -0.2) is 4.98 Å². The van der Waals surface area contributed by atoms with Crippen molar-refractivity contribution in [2.45, 2.75) is 17.3 Å². The number of aromatic nitrogens is 2. The fraction of sp³-hybridized carbons (Fsp3) is 0.261. The van der Waals surface area contributed by atoms with Crippen LogP contribution in [0.1, 0.15) is 11.3 Å². The lowest BCUT2D eigenvalue weighted by Gasteiger charge is -2.36. The molecular weight excluding hydrogens is 467 g/mol. The van der Waals surface area contributed by atoms with Crippen LogP contribution in [0.15, 0.2) is 64.5 Å². The number of aromatic amines is 1. The number of piperazine rings is 1. The summed E-state index contributed by atoms with van der Waals surface area (Å²) in [4.78, 5) is 36.2. The molecule has 1 aliphatic rings. The molecule has 6 nitrogen and oxygen atoms in total. The predicted octanol–water partition coefficient (Wildman–Crippen LogP) is 4.26. The van der Waals surface area contributed by atoms with E-state index < -0.39 is 0 Å². The number of H-pyrrole nitrogens is 1. The van der Waals surface area contributed by atoms with Crippen LogP contribution in [0, 0.1) is 0 Å². The molecule has 9 heteroatoms. The smallest absolute Gasteiger partial charge is 0.251 e. The first kappa shape index (κ1) is 22.7. The van der Waals surface area contributed by atoms with E-state index in [0.717, 1.165) is 24.3 Å². The van der Waals surface area contributed by atoms with Gasteiger partial charge in [-0.15, -0.1) is 0 Å². The predicted molar refractivity (Wildman–Crippen MR) is 130 cm³/mol. The maximum Gasteiger partial charge on any atom is 0.251 e. The van der Waals surface area contributed by atoms with Gasteiger partial charge in [0.05, 0.1) is 12.1 Å². The molecule has 3 aromatic rings. The van der Waals surface area contributed by atoms with Crippen molar-refractivity contribution in [3.05, 3.63) is 86.3 Å². The molecule has 1 amide bonds. The van der Waals surface area contributed by atoms with E-state index in [1.165, 1.54) is 17.8 Å². The van der Waals surface area contributed by atoms with Gasteiger partial charge in [0.15, 0.2) is 5.16 Å². The fourth-order valence-corrected chi connectivity index (χ4v) is 4.81. The number of rotatable bonds is 6. The number of nitrogens with zero attached hydrogens (tertiary/aromatic N) is 3. The molecular formula is C23H22Cl2N4O2S. The van der Waals surface area contributed by atoms with Crippen LogP contribution in [-0.2, 0) is 17.0 Å². The molecule has 1 saturated heterocycles. The first-order valence-electron chi connectivity index (χ1n) is 10.2. The van der Waals surface area contributed by atoms with Gasteiger partial charge in [0, 0.05) is 53.7 Å². The average Bonchev–Trinajstić information content (AvgIpc) is 2.77. The molecule has 4 rings (SSSR count). The number of benzene rings is 2. The zero-order valence-corrected chi connectivity index (χ0v) is 19.6. The Kier molecular flexibility index (Phi) is 7.40. The highest BCUT2D eigenvalue weighted by atomic mass is 35.5. The Labute approximate surface area is 200 Å². The van der Waals surface area contributed by atoms with Crippen molar-refractivity contribution >= 4 is 46.6 Å². The van der Waals surface area contributed by atoms with Gasteiger partial charge < -0.3 is 14.8 Å². The number of thioether (sulfide) groups is 1. The minimum Gasteiger partial charge on any atom is -0.368 e. The maximum atomic E-state index is 12.8. The van der Waals surface area contributed by atoms with Gasteiger partial charge >= 0.3 is 0 Å². The minimum absolute atomic E-state index is 0.0281. The second-order valence-electron chi connectivity index (χ2n) is 7.48. The number of halogens is 2. The van der Waals surface area contributed by atoms with E-state index in [9.17, 15) is 9.59 Å². The zero-order valence-electron chi connectivity index (χ0n) is 17.3. The van der Waals surface area contributed by atoms with Crippen LogP contribution < -0.4 is 10.5 Å². The number of amides is 1. The summed E-state index contributed by atoms with van der Waals surface area (Å²) >= 11 is 13.5. The Hall–Kier alpha value is -2.48. The third-order valence-electron chi connectivity index (χ3n) is 5.18. The highest BCUT2D eigenvalue weighted by Gasteiger charge is 2.22. The van der Waals surface area contributed by atoms with E-state index in [0.29, 0.717) is 39.7 Å². The lowest BCUT2D eigenvalue weighted by molar-refractivity contribution is -0.130. The third-order valence-corrected chi connectivity index (χ3v) is 6.59. The van der Waals surface area contributed by atoms with Gasteiger partial charge in [-0.1, -0.05) is 53.2 Å². The largest absolute Gasteiger partial charge is 0.368 e. The minimum atomic E-state index is -0.262. The van der Waals surface area contributed by atoms with E-state index >= 15 is 0 Å². The van der Waals surface area contributed by atoms with E-state index in [4.69, 9.17) is 23.2 Å². The molecule has 2 heterocycles. The first-order valence-corrected chi connectivity index (χ1v) is 12.0. The van der Waals surface area contributed by atoms with Gasteiger partial charge in [0.1, 0.15) is 0 Å². The summed E-state index contributed by atoms with van der Waals surface area (Å²) in [5.74, 6) is 0.589. The number of nitrogens with one attached hydrogen (secondary N) is 1. The van der Waals surface area contributed by atoms with Crippen molar-refractivity contribution in [2.75, 3.05) is 31.1 Å². The van der Waals surface area contributed by atoms with Gasteiger partial charge in [-0.3, -0.25) is 9.59 Å². The molecule has 1 aromatic heterocycles. The fourth-order valence-electron chi connectivity index (χ4n) is 3.57. The maximum absolute atomic E-state index is 12.8. The lowest BCUT2D eigenvalue weighted by atomic mass is 10.2. The SMILES string of the molecule is O=C(Cc1cc(=O)[nH]c(SCc2cccc(Cl)c2)n1)N1CCN(c2cccc(Cl)c2)CC1. The Morgan fingerprint density at radius 2 is 1.72 bits per heavy atom. The number of hydrogen-bond acceptors (Lipinski definition) is 5.